The topological polar surface area (TPSA) is 85.6 Å². The number of nitrogens with zero attached hydrogens (tertiary/aromatic N) is 1. The Morgan fingerprint density at radius 2 is 2.18 bits per heavy atom. The van der Waals surface area contributed by atoms with Crippen molar-refractivity contribution < 1.29 is 32.1 Å². The molecule has 0 saturated carbocycles. The fraction of sp³-hybridized carbons (Fsp3) is 0. The van der Waals surface area contributed by atoms with Gasteiger partial charge < -0.3 is 0 Å². The smallest absolute Gasteiger partial charge is 0.278 e. The van der Waals surface area contributed by atoms with Gasteiger partial charge in [-0.25, -0.2) is 9.45 Å². The van der Waals surface area contributed by atoms with Crippen molar-refractivity contribution in [1.82, 2.24) is 0 Å². The van der Waals surface area contributed by atoms with Gasteiger partial charge in [0.2, 0.25) is 0 Å². The molecule has 0 heterocycles. The zero-order valence-corrected chi connectivity index (χ0v) is 6.59. The van der Waals surface area contributed by atoms with Gasteiger partial charge >= 0.3 is 21.3 Å². The quantitative estimate of drug-likeness (QED) is 0.302. The van der Waals surface area contributed by atoms with Crippen molar-refractivity contribution in [3.05, 3.63) is 0 Å². The Morgan fingerprint density at radius 1 is 1.64 bits per heavy atom. The lowest BCUT2D eigenvalue weighted by molar-refractivity contribution is -0.164. The van der Waals surface area contributed by atoms with E-state index in [0.717, 1.165) is 6.26 Å². The maximum absolute atomic E-state index is 11.7. The van der Waals surface area contributed by atoms with E-state index < -0.39 is 15.1 Å². The zero-order valence-electron chi connectivity index (χ0n) is 4.69. The standard InChI is InChI=1S/CHF2NO5P2/c2-8-11(6,10(3)5)9-7-1-4/h10H. The predicted molar refractivity (Wildman–Crippen MR) is 27.7 cm³/mol. The van der Waals surface area contributed by atoms with Gasteiger partial charge in [0, 0.05) is 0 Å². The molecule has 0 rings (SSSR count). The first-order valence-corrected chi connectivity index (χ1v) is 5.58. The summed E-state index contributed by atoms with van der Waals surface area (Å²) in [5.41, 5.74) is 0. The molecule has 2 unspecified atom stereocenters. The zero-order chi connectivity index (χ0) is 8.91. The van der Waals surface area contributed by atoms with E-state index >= 15 is 0 Å². The molecule has 10 heteroatoms. The molecule has 11 heavy (non-hydrogen) atoms. The summed E-state index contributed by atoms with van der Waals surface area (Å²) in [4.78, 5) is 3.21. The molecule has 0 radical (unpaired) electrons. The molecule has 2 atom stereocenters. The second-order valence-corrected chi connectivity index (χ2v) is 5.55. The molecule has 64 valence electrons. The van der Waals surface area contributed by atoms with Gasteiger partial charge in [0.25, 0.3) is 0 Å². The van der Waals surface area contributed by atoms with Gasteiger partial charge in [-0.2, -0.15) is 4.20 Å². The molecule has 0 aliphatic heterocycles. The molecular formula is CHF2NO5P2. The second kappa shape index (κ2) is 4.42. The molecule has 0 aromatic heterocycles. The van der Waals surface area contributed by atoms with Crippen LogP contribution in [0.4, 0.5) is 8.72 Å². The maximum Gasteiger partial charge on any atom is 0.480 e. The van der Waals surface area contributed by atoms with Crippen molar-refractivity contribution >= 4 is 15.1 Å². The summed E-state index contributed by atoms with van der Waals surface area (Å²) >= 11 is 0. The largest absolute Gasteiger partial charge is 0.480 e. The molecule has 0 amide bonds. The molecule has 0 saturated heterocycles. The molecule has 0 aromatic rings. The summed E-state index contributed by atoms with van der Waals surface area (Å²) in [6.07, 6.45) is 0.782. The monoisotopic (exact) mass is 207 g/mol. The maximum atomic E-state index is 11.7. The summed E-state index contributed by atoms with van der Waals surface area (Å²) in [6, 6.07) is 0. The highest BCUT2D eigenvalue weighted by Crippen LogP contribution is 2.71. The Kier molecular flexibility index (Phi) is 4.23. The fourth-order valence-electron chi connectivity index (χ4n) is 0.134. The van der Waals surface area contributed by atoms with Gasteiger partial charge in [0.15, 0.2) is 0 Å². The molecule has 0 bridgehead atoms. The third-order valence-corrected chi connectivity index (χ3v) is 3.08. The first-order chi connectivity index (χ1) is 5.06. The van der Waals surface area contributed by atoms with E-state index in [-0.39, 0.29) is 0 Å². The van der Waals surface area contributed by atoms with Crippen LogP contribution in [0, 0.1) is 11.5 Å². The van der Waals surface area contributed by atoms with Crippen LogP contribution in [0.2, 0.25) is 0 Å². The third kappa shape index (κ3) is 2.95. The summed E-state index contributed by atoms with van der Waals surface area (Å²) in [6.45, 7) is 0. The fourth-order valence-corrected chi connectivity index (χ4v) is 0.851. The van der Waals surface area contributed by atoms with Crippen molar-refractivity contribution in [1.29, 1.82) is 5.26 Å². The lowest BCUT2D eigenvalue weighted by Gasteiger charge is -2.01. The van der Waals surface area contributed by atoms with Crippen molar-refractivity contribution in [2.75, 3.05) is 0 Å². The van der Waals surface area contributed by atoms with Crippen molar-refractivity contribution in [2.45, 2.75) is 0 Å². The van der Waals surface area contributed by atoms with Crippen molar-refractivity contribution in [2.24, 2.45) is 0 Å². The highest BCUT2D eigenvalue weighted by Gasteiger charge is 2.37. The van der Waals surface area contributed by atoms with Gasteiger partial charge in [-0.05, 0) is 4.53 Å². The number of halogens is 2. The van der Waals surface area contributed by atoms with E-state index in [1.165, 1.54) is 0 Å². The Morgan fingerprint density at radius 3 is 2.45 bits per heavy atom. The van der Waals surface area contributed by atoms with E-state index in [4.69, 9.17) is 5.26 Å². The van der Waals surface area contributed by atoms with Crippen LogP contribution < -0.4 is 0 Å². The first kappa shape index (κ1) is 10.5. The summed E-state index contributed by atoms with van der Waals surface area (Å²) in [5.74, 6) is 0. The van der Waals surface area contributed by atoms with E-state index in [1.807, 2.05) is 0 Å². The van der Waals surface area contributed by atoms with Gasteiger partial charge in [-0.1, -0.05) is 9.40 Å². The van der Waals surface area contributed by atoms with Crippen LogP contribution >= 0.6 is 15.1 Å². The van der Waals surface area contributed by atoms with Gasteiger partial charge in [0.1, 0.15) is 0 Å². The van der Waals surface area contributed by atoms with E-state index in [2.05, 4.69) is 14.3 Å². The molecule has 0 aliphatic rings. The summed E-state index contributed by atoms with van der Waals surface area (Å²) in [5, 5.41) is 7.60. The van der Waals surface area contributed by atoms with Gasteiger partial charge in [0.05, 0.1) is 0 Å². The van der Waals surface area contributed by atoms with Crippen molar-refractivity contribution in [3.63, 3.8) is 0 Å². The Balaban J connectivity index is 4.27. The van der Waals surface area contributed by atoms with Crippen LogP contribution in [0.5, 0.6) is 0 Å². The predicted octanol–water partition coefficient (Wildman–Crippen LogP) is 1.87. The van der Waals surface area contributed by atoms with Crippen LogP contribution in [0.1, 0.15) is 0 Å². The SMILES string of the molecule is N#COOP(=O)(OF)[PH](=O)F. The Hall–Kier alpha value is -0.470. The number of hydrogen-bond acceptors (Lipinski definition) is 6. The molecular weight excluding hydrogens is 206 g/mol. The average Bonchev–Trinajstić information content (AvgIpc) is 2.00. The van der Waals surface area contributed by atoms with Crippen LogP contribution in [0.15, 0.2) is 0 Å². The molecule has 0 aliphatic carbocycles. The number of rotatable bonds is 4. The minimum Gasteiger partial charge on any atom is -0.278 e. The van der Waals surface area contributed by atoms with Crippen LogP contribution in [0.3, 0.4) is 0 Å². The van der Waals surface area contributed by atoms with E-state index in [0.29, 0.717) is 0 Å². The Labute approximate surface area is 59.8 Å². The first-order valence-electron chi connectivity index (χ1n) is 1.91. The van der Waals surface area contributed by atoms with Gasteiger partial charge in [-0.3, -0.25) is 4.57 Å². The van der Waals surface area contributed by atoms with Gasteiger partial charge in [-0.15, -0.1) is 5.26 Å². The summed E-state index contributed by atoms with van der Waals surface area (Å²) < 4.78 is 48.5. The highest BCUT2D eigenvalue weighted by molar-refractivity contribution is 8.20. The normalized spacial score (nSPS) is 17.9. The molecule has 0 aromatic carbocycles. The average molecular weight is 207 g/mol. The minimum absolute atomic E-state index is 0.782. The summed E-state index contributed by atoms with van der Waals surface area (Å²) in [7, 11) is -9.41. The minimum atomic E-state index is -5.02. The Bertz CT molecular complexity index is 235. The van der Waals surface area contributed by atoms with E-state index in [1.54, 1.807) is 0 Å². The molecule has 0 N–H and O–H groups in total. The van der Waals surface area contributed by atoms with Crippen LogP contribution in [0.25, 0.3) is 0 Å². The van der Waals surface area contributed by atoms with Crippen molar-refractivity contribution in [3.8, 4) is 6.26 Å². The molecule has 6 nitrogen and oxygen atoms in total. The lowest BCUT2D eigenvalue weighted by atomic mass is 11.6. The van der Waals surface area contributed by atoms with Crippen LogP contribution in [-0.2, 0) is 23.4 Å². The lowest BCUT2D eigenvalue weighted by Crippen LogP contribution is -1.83. The second-order valence-electron chi connectivity index (χ2n) is 1.07. The number of nitriles is 1. The molecule has 0 spiro atoms. The van der Waals surface area contributed by atoms with Crippen LogP contribution in [-0.4, -0.2) is 0 Å². The number of hydrogen-bond donors (Lipinski definition) is 0. The third-order valence-electron chi connectivity index (χ3n) is 0.479. The van der Waals surface area contributed by atoms with E-state index in [9.17, 15) is 17.9 Å². The molecule has 0 fully saturated rings. The highest BCUT2D eigenvalue weighted by atomic mass is 32.1.